The molecule has 5 heteroatoms. The highest BCUT2D eigenvalue weighted by Crippen LogP contribution is 2.15. The molecule has 0 saturated carbocycles. The summed E-state index contributed by atoms with van der Waals surface area (Å²) >= 11 is 1.67. The van der Waals surface area contributed by atoms with Crippen LogP contribution < -0.4 is 5.32 Å². The molecule has 0 aliphatic carbocycles. The van der Waals surface area contributed by atoms with Crippen LogP contribution in [-0.4, -0.2) is 24.7 Å². The lowest BCUT2D eigenvalue weighted by molar-refractivity contribution is -0.144. The number of hydrogen-bond donors (Lipinski definition) is 1. The van der Waals surface area contributed by atoms with Gasteiger partial charge in [0.1, 0.15) is 6.61 Å². The maximum atomic E-state index is 12.0. The Labute approximate surface area is 146 Å². The van der Waals surface area contributed by atoms with E-state index in [1.165, 1.54) is 4.90 Å². The normalized spacial score (nSPS) is 10.2. The van der Waals surface area contributed by atoms with Gasteiger partial charge in [0.05, 0.1) is 6.42 Å². The van der Waals surface area contributed by atoms with Crippen molar-refractivity contribution in [1.29, 1.82) is 0 Å². The van der Waals surface area contributed by atoms with Crippen molar-refractivity contribution in [1.82, 2.24) is 5.32 Å². The summed E-state index contributed by atoms with van der Waals surface area (Å²) in [5.41, 5.74) is 2.57. The van der Waals surface area contributed by atoms with Crippen LogP contribution in [0.5, 0.6) is 0 Å². The lowest BCUT2D eigenvalue weighted by Gasteiger charge is -2.07. The van der Waals surface area contributed by atoms with E-state index in [1.807, 2.05) is 55.6 Å². The second-order valence-electron chi connectivity index (χ2n) is 5.38. The molecule has 24 heavy (non-hydrogen) atoms. The van der Waals surface area contributed by atoms with Crippen molar-refractivity contribution in [3.05, 3.63) is 65.2 Å². The standard InChI is InChI=1S/C19H21NO3S/c1-14-4-3-5-16(12-14)19(22)20-11-10-18(21)23-13-15-6-8-17(24-2)9-7-15/h3-9,12H,10-11,13H2,1-2H3,(H,20,22). The number of ether oxygens (including phenoxy) is 1. The van der Waals surface area contributed by atoms with Gasteiger partial charge in [0.25, 0.3) is 5.91 Å². The molecule has 0 spiro atoms. The van der Waals surface area contributed by atoms with Gasteiger partial charge < -0.3 is 10.1 Å². The number of carbonyl (C=O) groups excluding carboxylic acids is 2. The first kappa shape index (κ1) is 18.1. The summed E-state index contributed by atoms with van der Waals surface area (Å²) in [4.78, 5) is 24.9. The van der Waals surface area contributed by atoms with Crippen LogP contribution in [0.15, 0.2) is 53.4 Å². The molecule has 0 aliphatic heterocycles. The average Bonchev–Trinajstić information content (AvgIpc) is 2.60. The zero-order valence-electron chi connectivity index (χ0n) is 13.9. The summed E-state index contributed by atoms with van der Waals surface area (Å²) in [6.07, 6.45) is 2.17. The zero-order valence-corrected chi connectivity index (χ0v) is 14.7. The molecule has 2 rings (SSSR count). The Kier molecular flexibility index (Phi) is 6.88. The van der Waals surface area contributed by atoms with Gasteiger partial charge in [-0.1, -0.05) is 29.8 Å². The van der Waals surface area contributed by atoms with Gasteiger partial charge in [-0.15, -0.1) is 11.8 Å². The van der Waals surface area contributed by atoms with E-state index in [4.69, 9.17) is 4.74 Å². The molecule has 126 valence electrons. The van der Waals surface area contributed by atoms with Gasteiger partial charge >= 0.3 is 5.97 Å². The zero-order chi connectivity index (χ0) is 17.4. The molecule has 0 radical (unpaired) electrons. The van der Waals surface area contributed by atoms with E-state index in [0.717, 1.165) is 11.1 Å². The first-order valence-electron chi connectivity index (χ1n) is 7.72. The summed E-state index contributed by atoms with van der Waals surface area (Å²) < 4.78 is 5.21. The second kappa shape index (κ2) is 9.13. The summed E-state index contributed by atoms with van der Waals surface area (Å²) in [7, 11) is 0. The van der Waals surface area contributed by atoms with E-state index in [-0.39, 0.29) is 31.4 Å². The molecule has 2 aromatic rings. The minimum Gasteiger partial charge on any atom is -0.461 e. The van der Waals surface area contributed by atoms with Gasteiger partial charge in [0.2, 0.25) is 0 Å². The van der Waals surface area contributed by atoms with E-state index >= 15 is 0 Å². The van der Waals surface area contributed by atoms with Crippen LogP contribution in [0.25, 0.3) is 0 Å². The van der Waals surface area contributed by atoms with Crippen LogP contribution in [0, 0.1) is 6.92 Å². The third kappa shape index (κ3) is 5.74. The fourth-order valence-electron chi connectivity index (χ4n) is 2.12. The highest BCUT2D eigenvalue weighted by molar-refractivity contribution is 7.98. The Morgan fingerprint density at radius 2 is 1.88 bits per heavy atom. The molecule has 4 nitrogen and oxygen atoms in total. The van der Waals surface area contributed by atoms with Gasteiger partial charge in [0, 0.05) is 17.0 Å². The van der Waals surface area contributed by atoms with Gasteiger partial charge in [-0.2, -0.15) is 0 Å². The van der Waals surface area contributed by atoms with Crippen LogP contribution >= 0.6 is 11.8 Å². The molecular formula is C19H21NO3S. The van der Waals surface area contributed by atoms with Crippen molar-refractivity contribution in [2.45, 2.75) is 24.8 Å². The number of thioether (sulfide) groups is 1. The molecule has 0 unspecified atom stereocenters. The Bertz CT molecular complexity index is 698. The number of amides is 1. The quantitative estimate of drug-likeness (QED) is 0.617. The number of esters is 1. The third-order valence-electron chi connectivity index (χ3n) is 3.45. The number of nitrogens with one attached hydrogen (secondary N) is 1. The van der Waals surface area contributed by atoms with Crippen molar-refractivity contribution >= 4 is 23.6 Å². The molecule has 0 aliphatic rings. The number of rotatable bonds is 7. The molecule has 0 atom stereocenters. The van der Waals surface area contributed by atoms with Crippen LogP contribution in [-0.2, 0) is 16.1 Å². The molecule has 0 heterocycles. The molecule has 2 aromatic carbocycles. The number of carbonyl (C=O) groups is 2. The van der Waals surface area contributed by atoms with E-state index in [2.05, 4.69) is 5.32 Å². The van der Waals surface area contributed by atoms with Crippen molar-refractivity contribution < 1.29 is 14.3 Å². The smallest absolute Gasteiger partial charge is 0.307 e. The maximum Gasteiger partial charge on any atom is 0.307 e. The van der Waals surface area contributed by atoms with Gasteiger partial charge in [-0.25, -0.2) is 0 Å². The lowest BCUT2D eigenvalue weighted by atomic mass is 10.1. The molecule has 1 N–H and O–H groups in total. The highest BCUT2D eigenvalue weighted by Gasteiger charge is 2.08. The van der Waals surface area contributed by atoms with Crippen molar-refractivity contribution in [3.63, 3.8) is 0 Å². The van der Waals surface area contributed by atoms with Crippen molar-refractivity contribution in [3.8, 4) is 0 Å². The second-order valence-corrected chi connectivity index (χ2v) is 6.26. The van der Waals surface area contributed by atoms with Gasteiger partial charge in [-0.3, -0.25) is 9.59 Å². The first-order chi connectivity index (χ1) is 11.6. The van der Waals surface area contributed by atoms with Crippen LogP contribution in [0.4, 0.5) is 0 Å². The first-order valence-corrected chi connectivity index (χ1v) is 8.94. The van der Waals surface area contributed by atoms with Crippen LogP contribution in [0.2, 0.25) is 0 Å². The molecule has 1 amide bonds. The summed E-state index contributed by atoms with van der Waals surface area (Å²) in [6, 6.07) is 15.2. The third-order valence-corrected chi connectivity index (χ3v) is 4.20. The SMILES string of the molecule is CSc1ccc(COC(=O)CCNC(=O)c2cccc(C)c2)cc1. The van der Waals surface area contributed by atoms with E-state index < -0.39 is 0 Å². The average molecular weight is 343 g/mol. The Hall–Kier alpha value is -2.27. The van der Waals surface area contributed by atoms with E-state index in [0.29, 0.717) is 5.56 Å². The molecule has 0 bridgehead atoms. The monoisotopic (exact) mass is 343 g/mol. The van der Waals surface area contributed by atoms with Gasteiger partial charge in [-0.05, 0) is 43.0 Å². The summed E-state index contributed by atoms with van der Waals surface area (Å²) in [5, 5.41) is 2.73. The molecular weight excluding hydrogens is 322 g/mol. The van der Waals surface area contributed by atoms with Gasteiger partial charge in [0.15, 0.2) is 0 Å². The number of hydrogen-bond acceptors (Lipinski definition) is 4. The molecule has 0 fully saturated rings. The minimum absolute atomic E-state index is 0.153. The lowest BCUT2D eigenvalue weighted by Crippen LogP contribution is -2.26. The van der Waals surface area contributed by atoms with E-state index in [9.17, 15) is 9.59 Å². The molecule has 0 aromatic heterocycles. The van der Waals surface area contributed by atoms with E-state index in [1.54, 1.807) is 17.8 Å². The Morgan fingerprint density at radius 3 is 2.54 bits per heavy atom. The fraction of sp³-hybridized carbons (Fsp3) is 0.263. The largest absolute Gasteiger partial charge is 0.461 e. The maximum absolute atomic E-state index is 12.0. The highest BCUT2D eigenvalue weighted by atomic mass is 32.2. The number of benzene rings is 2. The predicted molar refractivity (Wildman–Crippen MR) is 96.1 cm³/mol. The fourth-order valence-corrected chi connectivity index (χ4v) is 2.53. The van der Waals surface area contributed by atoms with Crippen molar-refractivity contribution in [2.24, 2.45) is 0 Å². The summed E-state index contributed by atoms with van der Waals surface area (Å²) in [5.74, 6) is -0.507. The van der Waals surface area contributed by atoms with Crippen LogP contribution in [0.3, 0.4) is 0 Å². The van der Waals surface area contributed by atoms with Crippen LogP contribution in [0.1, 0.15) is 27.9 Å². The Balaban J connectivity index is 1.70. The number of aryl methyl sites for hydroxylation is 1. The minimum atomic E-state index is -0.325. The molecule has 0 saturated heterocycles. The van der Waals surface area contributed by atoms with Crippen molar-refractivity contribution in [2.75, 3.05) is 12.8 Å². The predicted octanol–water partition coefficient (Wildman–Crippen LogP) is 3.58. The topological polar surface area (TPSA) is 55.4 Å². The Morgan fingerprint density at radius 1 is 1.12 bits per heavy atom. The summed E-state index contributed by atoms with van der Waals surface area (Å²) in [6.45, 7) is 2.44.